The maximum absolute atomic E-state index is 13.0. The minimum absolute atomic E-state index is 0.194. The molecular formula is C21H22FN3O4S. The van der Waals surface area contributed by atoms with Crippen LogP contribution in [0.4, 0.5) is 10.1 Å². The first-order chi connectivity index (χ1) is 14.2. The first-order valence-electron chi connectivity index (χ1n) is 9.42. The Hall–Kier alpha value is -3.07. The Labute approximate surface area is 176 Å². The van der Waals surface area contributed by atoms with Crippen LogP contribution in [0.2, 0.25) is 0 Å². The summed E-state index contributed by atoms with van der Waals surface area (Å²) in [6.07, 6.45) is 1.29. The van der Waals surface area contributed by atoms with Crippen molar-refractivity contribution in [2.24, 2.45) is 5.92 Å². The van der Waals surface area contributed by atoms with Crippen LogP contribution in [0.1, 0.15) is 42.0 Å². The minimum Gasteiger partial charge on any atom is -0.461 e. The molecule has 3 rings (SSSR count). The van der Waals surface area contributed by atoms with Crippen molar-refractivity contribution < 1.29 is 18.7 Å². The van der Waals surface area contributed by atoms with Gasteiger partial charge in [0.15, 0.2) is 0 Å². The molecule has 1 aromatic carbocycles. The second-order valence-electron chi connectivity index (χ2n) is 7.36. The Kier molecular flexibility index (Phi) is 6.31. The second kappa shape index (κ2) is 8.74. The lowest BCUT2D eigenvalue weighted by Crippen LogP contribution is -2.31. The smallest absolute Gasteiger partial charge is 0.348 e. The maximum Gasteiger partial charge on any atom is 0.348 e. The number of amides is 1. The third-order valence-electron chi connectivity index (χ3n) is 4.52. The van der Waals surface area contributed by atoms with Crippen LogP contribution in [0, 0.1) is 18.7 Å². The Balaban J connectivity index is 1.89. The van der Waals surface area contributed by atoms with Crippen molar-refractivity contribution >= 4 is 39.1 Å². The number of carbonyl (C=O) groups excluding carboxylic acids is 2. The molecule has 0 aliphatic carbocycles. The summed E-state index contributed by atoms with van der Waals surface area (Å²) in [5.74, 6) is -1.16. The van der Waals surface area contributed by atoms with E-state index >= 15 is 0 Å². The van der Waals surface area contributed by atoms with Crippen molar-refractivity contribution in [3.8, 4) is 0 Å². The number of thiophene rings is 1. The zero-order chi connectivity index (χ0) is 22.0. The molecule has 3 aromatic rings. The molecule has 2 heterocycles. The zero-order valence-electron chi connectivity index (χ0n) is 17.1. The number of hydrogen-bond donors (Lipinski definition) is 1. The molecule has 0 saturated heterocycles. The molecule has 0 bridgehead atoms. The molecule has 1 unspecified atom stereocenters. The third kappa shape index (κ3) is 4.40. The first-order valence-corrected chi connectivity index (χ1v) is 10.2. The molecule has 0 aliphatic rings. The van der Waals surface area contributed by atoms with Gasteiger partial charge < -0.3 is 10.1 Å². The van der Waals surface area contributed by atoms with E-state index in [0.717, 1.165) is 11.3 Å². The average Bonchev–Trinajstić information content (AvgIpc) is 3.05. The Morgan fingerprint density at radius 1 is 1.23 bits per heavy atom. The molecule has 1 N–H and O–H groups in total. The van der Waals surface area contributed by atoms with Gasteiger partial charge in [-0.3, -0.25) is 14.2 Å². The van der Waals surface area contributed by atoms with Crippen LogP contribution < -0.4 is 10.9 Å². The van der Waals surface area contributed by atoms with Gasteiger partial charge in [-0.25, -0.2) is 14.2 Å². The lowest BCUT2D eigenvalue weighted by atomic mass is 10.2. The SMILES string of the molecule is Cc1c(C(=O)OCC(C)C)sc2ncn(C(C)C(=O)Nc3ccc(F)cc3)c(=O)c12. The fourth-order valence-electron chi connectivity index (χ4n) is 2.82. The van der Waals surface area contributed by atoms with Crippen LogP contribution in [0.5, 0.6) is 0 Å². The number of fused-ring (bicyclic) bond motifs is 1. The van der Waals surface area contributed by atoms with Crippen LogP contribution >= 0.6 is 11.3 Å². The van der Waals surface area contributed by atoms with Crippen molar-refractivity contribution in [3.63, 3.8) is 0 Å². The fourth-order valence-corrected chi connectivity index (χ4v) is 3.86. The van der Waals surface area contributed by atoms with Gasteiger partial charge in [-0.2, -0.15) is 0 Å². The maximum atomic E-state index is 13.0. The van der Waals surface area contributed by atoms with Gasteiger partial charge >= 0.3 is 5.97 Å². The Morgan fingerprint density at radius 3 is 2.53 bits per heavy atom. The Morgan fingerprint density at radius 2 is 1.90 bits per heavy atom. The van der Waals surface area contributed by atoms with E-state index in [2.05, 4.69) is 10.3 Å². The number of hydrogen-bond acceptors (Lipinski definition) is 6. The van der Waals surface area contributed by atoms with Gasteiger partial charge in [-0.1, -0.05) is 13.8 Å². The summed E-state index contributed by atoms with van der Waals surface area (Å²) < 4.78 is 19.5. The van der Waals surface area contributed by atoms with Crippen LogP contribution in [0.3, 0.4) is 0 Å². The van der Waals surface area contributed by atoms with E-state index in [9.17, 15) is 18.8 Å². The number of aryl methyl sites for hydroxylation is 1. The summed E-state index contributed by atoms with van der Waals surface area (Å²) in [6.45, 7) is 7.38. The zero-order valence-corrected chi connectivity index (χ0v) is 17.9. The van der Waals surface area contributed by atoms with Gasteiger partial charge in [-0.15, -0.1) is 11.3 Å². The van der Waals surface area contributed by atoms with Crippen molar-refractivity contribution in [3.05, 3.63) is 57.2 Å². The molecule has 7 nitrogen and oxygen atoms in total. The van der Waals surface area contributed by atoms with Gasteiger partial charge in [0.2, 0.25) is 5.91 Å². The summed E-state index contributed by atoms with van der Waals surface area (Å²) >= 11 is 1.10. The molecule has 2 aromatic heterocycles. The molecule has 9 heteroatoms. The highest BCUT2D eigenvalue weighted by molar-refractivity contribution is 7.20. The van der Waals surface area contributed by atoms with E-state index in [1.165, 1.54) is 35.2 Å². The monoisotopic (exact) mass is 431 g/mol. The predicted molar refractivity (Wildman–Crippen MR) is 113 cm³/mol. The Bertz CT molecular complexity index is 1150. The van der Waals surface area contributed by atoms with Crippen molar-refractivity contribution in [2.75, 3.05) is 11.9 Å². The number of nitrogens with one attached hydrogen (secondary N) is 1. The number of ether oxygens (including phenoxy) is 1. The highest BCUT2D eigenvalue weighted by atomic mass is 32.1. The summed E-state index contributed by atoms with van der Waals surface area (Å²) in [7, 11) is 0. The third-order valence-corrected chi connectivity index (χ3v) is 5.70. The molecule has 0 radical (unpaired) electrons. The number of aromatic nitrogens is 2. The molecule has 0 saturated carbocycles. The number of halogens is 1. The topological polar surface area (TPSA) is 90.3 Å². The van der Waals surface area contributed by atoms with Crippen LogP contribution in [-0.2, 0) is 9.53 Å². The molecule has 1 atom stereocenters. The highest BCUT2D eigenvalue weighted by Crippen LogP contribution is 2.28. The molecule has 0 aliphatic heterocycles. The molecule has 0 fully saturated rings. The van der Waals surface area contributed by atoms with Crippen LogP contribution in [0.25, 0.3) is 10.2 Å². The lowest BCUT2D eigenvalue weighted by molar-refractivity contribution is -0.118. The molecular weight excluding hydrogens is 409 g/mol. The van der Waals surface area contributed by atoms with Gasteiger partial charge in [0, 0.05) is 5.69 Å². The lowest BCUT2D eigenvalue weighted by Gasteiger charge is -2.15. The molecule has 1 amide bonds. The molecule has 158 valence electrons. The van der Waals surface area contributed by atoms with E-state index in [1.807, 2.05) is 13.8 Å². The number of nitrogens with zero attached hydrogens (tertiary/aromatic N) is 2. The van der Waals surface area contributed by atoms with Gasteiger partial charge in [0.25, 0.3) is 5.56 Å². The van der Waals surface area contributed by atoms with Gasteiger partial charge in [0.1, 0.15) is 21.6 Å². The quantitative estimate of drug-likeness (QED) is 0.598. The minimum atomic E-state index is -0.866. The van der Waals surface area contributed by atoms with Crippen molar-refractivity contribution in [1.29, 1.82) is 0 Å². The highest BCUT2D eigenvalue weighted by Gasteiger charge is 2.23. The standard InChI is InChI=1S/C21H22FN3O4S/c1-11(2)9-29-21(28)17-12(3)16-19(30-17)23-10-25(20(16)27)13(4)18(26)24-15-7-5-14(22)6-8-15/h5-8,10-11,13H,9H2,1-4H3,(H,24,26). The van der Waals surface area contributed by atoms with E-state index in [-0.39, 0.29) is 12.5 Å². The predicted octanol–water partition coefficient (Wildman–Crippen LogP) is 3.92. The number of anilines is 1. The van der Waals surface area contributed by atoms with E-state index < -0.39 is 29.3 Å². The van der Waals surface area contributed by atoms with Gasteiger partial charge in [-0.05, 0) is 49.6 Å². The first kappa shape index (κ1) is 21.6. The number of rotatable bonds is 6. The summed E-state index contributed by atoms with van der Waals surface area (Å²) in [4.78, 5) is 43.0. The second-order valence-corrected chi connectivity index (χ2v) is 8.36. The summed E-state index contributed by atoms with van der Waals surface area (Å²) in [6, 6.07) is 4.46. The van der Waals surface area contributed by atoms with Crippen LogP contribution in [-0.4, -0.2) is 28.0 Å². The van der Waals surface area contributed by atoms with E-state index in [0.29, 0.717) is 26.3 Å². The number of benzene rings is 1. The van der Waals surface area contributed by atoms with Crippen molar-refractivity contribution in [2.45, 2.75) is 33.7 Å². The average molecular weight is 431 g/mol. The number of carbonyl (C=O) groups is 2. The normalized spacial score (nSPS) is 12.2. The molecule has 30 heavy (non-hydrogen) atoms. The summed E-state index contributed by atoms with van der Waals surface area (Å²) in [5.41, 5.74) is 0.484. The summed E-state index contributed by atoms with van der Waals surface area (Å²) in [5, 5.41) is 2.94. The van der Waals surface area contributed by atoms with Crippen molar-refractivity contribution in [1.82, 2.24) is 9.55 Å². The molecule has 0 spiro atoms. The fraction of sp³-hybridized carbons (Fsp3) is 0.333. The van der Waals surface area contributed by atoms with Crippen LogP contribution in [0.15, 0.2) is 35.4 Å². The van der Waals surface area contributed by atoms with E-state index in [4.69, 9.17) is 4.74 Å². The van der Waals surface area contributed by atoms with Gasteiger partial charge in [0.05, 0.1) is 18.3 Å². The number of esters is 1. The largest absolute Gasteiger partial charge is 0.461 e. The van der Waals surface area contributed by atoms with E-state index in [1.54, 1.807) is 13.8 Å².